The number of halogens is 2. The zero-order chi connectivity index (χ0) is 10.9. The summed E-state index contributed by atoms with van der Waals surface area (Å²) in [6.07, 6.45) is 0. The molecule has 0 aliphatic rings. The Kier molecular flexibility index (Phi) is 3.34. The predicted molar refractivity (Wildman–Crippen MR) is 54.5 cm³/mol. The normalized spacial score (nSPS) is 11.7. The topological polar surface area (TPSA) is 59.9 Å². The Bertz CT molecular complexity index is 436. The van der Waals surface area contributed by atoms with E-state index >= 15 is 0 Å². The molecule has 1 heterocycles. The van der Waals surface area contributed by atoms with Crippen molar-refractivity contribution in [1.82, 2.24) is 9.97 Å². The Morgan fingerprint density at radius 3 is 2.29 bits per heavy atom. The van der Waals surface area contributed by atoms with E-state index in [0.717, 1.165) is 0 Å². The molecule has 0 saturated heterocycles. The lowest BCUT2D eigenvalue weighted by atomic mass is 10.5. The van der Waals surface area contributed by atoms with Gasteiger partial charge in [0.15, 0.2) is 5.15 Å². The number of aryl methyl sites for hydroxylation is 1. The van der Waals surface area contributed by atoms with Crippen LogP contribution in [0, 0.1) is 6.92 Å². The summed E-state index contributed by atoms with van der Waals surface area (Å²) in [5.41, 5.74) is 0.360. The summed E-state index contributed by atoms with van der Waals surface area (Å²) in [6, 6.07) is 0. The van der Waals surface area contributed by atoms with Crippen molar-refractivity contribution in [3.05, 3.63) is 15.9 Å². The summed E-state index contributed by atoms with van der Waals surface area (Å²) < 4.78 is 22.8. The molecule has 0 aliphatic heterocycles. The molecule has 0 saturated carbocycles. The smallest absolute Gasteiger partial charge is 0.222 e. The van der Waals surface area contributed by atoms with Gasteiger partial charge in [0.05, 0.1) is 16.5 Å². The molecule has 0 aromatic carbocycles. The Labute approximate surface area is 92.2 Å². The van der Waals surface area contributed by atoms with Crippen molar-refractivity contribution < 1.29 is 8.42 Å². The fraction of sp³-hybridized carbons (Fsp3) is 0.429. The van der Waals surface area contributed by atoms with Crippen LogP contribution in [0.4, 0.5) is 0 Å². The van der Waals surface area contributed by atoms with Gasteiger partial charge < -0.3 is 0 Å². The first-order valence-electron chi connectivity index (χ1n) is 3.81. The maximum atomic E-state index is 11.4. The van der Waals surface area contributed by atoms with Gasteiger partial charge in [0.2, 0.25) is 15.0 Å². The van der Waals surface area contributed by atoms with Gasteiger partial charge in [0.25, 0.3) is 0 Å². The van der Waals surface area contributed by atoms with Crippen molar-refractivity contribution in [3.8, 4) is 0 Å². The van der Waals surface area contributed by atoms with E-state index in [0.29, 0.717) is 5.69 Å². The summed E-state index contributed by atoms with van der Waals surface area (Å²) in [5, 5.41) is -0.125. The van der Waals surface area contributed by atoms with Crippen LogP contribution in [0.3, 0.4) is 0 Å². The Morgan fingerprint density at radius 1 is 1.29 bits per heavy atom. The van der Waals surface area contributed by atoms with Gasteiger partial charge in [-0.25, -0.2) is 18.4 Å². The molecule has 0 atom stereocenters. The molecule has 0 bridgehead atoms. The molecule has 7 heteroatoms. The van der Waals surface area contributed by atoms with Crippen molar-refractivity contribution in [2.45, 2.75) is 19.0 Å². The summed E-state index contributed by atoms with van der Waals surface area (Å²) in [7, 11) is -3.43. The second-order valence-electron chi connectivity index (χ2n) is 2.60. The molecule has 4 nitrogen and oxygen atoms in total. The van der Waals surface area contributed by atoms with Crippen LogP contribution in [0.1, 0.15) is 12.6 Å². The maximum Gasteiger partial charge on any atom is 0.248 e. The highest BCUT2D eigenvalue weighted by Gasteiger charge is 2.18. The molecule has 0 fully saturated rings. The maximum absolute atomic E-state index is 11.4. The highest BCUT2D eigenvalue weighted by Crippen LogP contribution is 2.23. The number of sulfone groups is 1. The van der Waals surface area contributed by atoms with E-state index in [1.807, 2.05) is 0 Å². The average Bonchev–Trinajstić information content (AvgIpc) is 2.13. The number of aromatic nitrogens is 2. The van der Waals surface area contributed by atoms with Crippen molar-refractivity contribution in [2.24, 2.45) is 0 Å². The van der Waals surface area contributed by atoms with Crippen LogP contribution in [-0.4, -0.2) is 24.1 Å². The minimum absolute atomic E-state index is 0.0359. The monoisotopic (exact) mass is 254 g/mol. The van der Waals surface area contributed by atoms with E-state index in [2.05, 4.69) is 9.97 Å². The highest BCUT2D eigenvalue weighted by molar-refractivity contribution is 7.91. The van der Waals surface area contributed by atoms with Crippen molar-refractivity contribution in [3.63, 3.8) is 0 Å². The Balaban J connectivity index is 3.41. The quantitative estimate of drug-likeness (QED) is 0.598. The first-order valence-corrected chi connectivity index (χ1v) is 6.21. The van der Waals surface area contributed by atoms with Gasteiger partial charge in [-0.1, -0.05) is 30.1 Å². The average molecular weight is 255 g/mol. The summed E-state index contributed by atoms with van der Waals surface area (Å²) in [5.74, 6) is -0.0651. The van der Waals surface area contributed by atoms with Crippen molar-refractivity contribution in [2.75, 3.05) is 5.75 Å². The van der Waals surface area contributed by atoms with Crippen LogP contribution < -0.4 is 0 Å². The fourth-order valence-electron chi connectivity index (χ4n) is 0.768. The lowest BCUT2D eigenvalue weighted by Gasteiger charge is -2.03. The van der Waals surface area contributed by atoms with Gasteiger partial charge in [-0.2, -0.15) is 0 Å². The summed E-state index contributed by atoms with van der Waals surface area (Å²) in [6.45, 7) is 3.08. The number of nitrogens with zero attached hydrogens (tertiary/aromatic N) is 2. The molecule has 1 aromatic heterocycles. The summed E-state index contributed by atoms with van der Waals surface area (Å²) >= 11 is 11.3. The van der Waals surface area contributed by atoms with Crippen LogP contribution in [0.5, 0.6) is 0 Å². The fourth-order valence-corrected chi connectivity index (χ4v) is 1.88. The predicted octanol–water partition coefficient (Wildman–Crippen LogP) is 1.89. The van der Waals surface area contributed by atoms with Gasteiger partial charge in [0.1, 0.15) is 0 Å². The van der Waals surface area contributed by atoms with E-state index in [1.54, 1.807) is 6.92 Å². The van der Waals surface area contributed by atoms with Gasteiger partial charge >= 0.3 is 0 Å². The molecule has 14 heavy (non-hydrogen) atoms. The number of hydrogen-bond donors (Lipinski definition) is 0. The SMILES string of the molecule is CCS(=O)(=O)c1nc(C)c(Cl)c(Cl)n1. The van der Waals surface area contributed by atoms with Crippen LogP contribution in [0.15, 0.2) is 5.16 Å². The molecule has 0 unspecified atom stereocenters. The van der Waals surface area contributed by atoms with E-state index in [9.17, 15) is 8.42 Å². The minimum atomic E-state index is -3.43. The second kappa shape index (κ2) is 4.00. The van der Waals surface area contributed by atoms with Crippen molar-refractivity contribution in [1.29, 1.82) is 0 Å². The third-order valence-corrected chi connectivity index (χ3v) is 3.94. The van der Waals surface area contributed by atoms with E-state index in [-0.39, 0.29) is 21.1 Å². The molecule has 78 valence electrons. The molecule has 1 rings (SSSR count). The van der Waals surface area contributed by atoms with Gasteiger partial charge in [-0.05, 0) is 6.92 Å². The van der Waals surface area contributed by atoms with Crippen LogP contribution in [0.25, 0.3) is 0 Å². The van der Waals surface area contributed by atoms with Crippen molar-refractivity contribution >= 4 is 33.0 Å². The molecule has 0 aliphatic carbocycles. The third kappa shape index (κ3) is 2.16. The van der Waals surface area contributed by atoms with Crippen LogP contribution >= 0.6 is 23.2 Å². The number of hydrogen-bond acceptors (Lipinski definition) is 4. The third-order valence-electron chi connectivity index (χ3n) is 1.61. The molecule has 0 amide bonds. The van der Waals surface area contributed by atoms with E-state index < -0.39 is 9.84 Å². The van der Waals surface area contributed by atoms with Crippen LogP contribution in [0.2, 0.25) is 10.2 Å². The molecule has 0 spiro atoms. The standard InChI is InChI=1S/C7H8Cl2N2O2S/c1-3-14(12,13)7-10-4(2)5(8)6(9)11-7/h3H2,1-2H3. The minimum Gasteiger partial charge on any atom is -0.222 e. The van der Waals surface area contributed by atoms with Gasteiger partial charge in [-0.3, -0.25) is 0 Å². The number of rotatable bonds is 2. The zero-order valence-electron chi connectivity index (χ0n) is 7.58. The first-order chi connectivity index (χ1) is 6.38. The lowest BCUT2D eigenvalue weighted by molar-refractivity contribution is 0.587. The largest absolute Gasteiger partial charge is 0.248 e. The van der Waals surface area contributed by atoms with E-state index in [4.69, 9.17) is 23.2 Å². The van der Waals surface area contributed by atoms with Gasteiger partial charge in [-0.15, -0.1) is 0 Å². The Hall–Kier alpha value is -0.390. The van der Waals surface area contributed by atoms with Crippen LogP contribution in [-0.2, 0) is 9.84 Å². The lowest BCUT2D eigenvalue weighted by Crippen LogP contribution is -2.10. The first kappa shape index (κ1) is 11.7. The second-order valence-corrected chi connectivity index (χ2v) is 5.51. The van der Waals surface area contributed by atoms with E-state index in [1.165, 1.54) is 6.92 Å². The Morgan fingerprint density at radius 2 is 1.86 bits per heavy atom. The molecule has 1 aromatic rings. The highest BCUT2D eigenvalue weighted by atomic mass is 35.5. The molecular formula is C7H8Cl2N2O2S. The molecule has 0 N–H and O–H groups in total. The van der Waals surface area contributed by atoms with Gasteiger partial charge in [0, 0.05) is 0 Å². The zero-order valence-corrected chi connectivity index (χ0v) is 9.91. The molecule has 0 radical (unpaired) electrons. The molecular weight excluding hydrogens is 247 g/mol. The summed E-state index contributed by atoms with van der Waals surface area (Å²) in [4.78, 5) is 7.37.